The first-order chi connectivity index (χ1) is 11.1. The summed E-state index contributed by atoms with van der Waals surface area (Å²) in [5.74, 6) is -1.61. The fourth-order valence-corrected chi connectivity index (χ4v) is 2.89. The van der Waals surface area contributed by atoms with Crippen LogP contribution in [-0.2, 0) is 17.6 Å². The molecule has 0 aromatic heterocycles. The van der Waals surface area contributed by atoms with Gasteiger partial charge < -0.3 is 10.6 Å². The van der Waals surface area contributed by atoms with E-state index in [0.717, 1.165) is 25.1 Å². The number of benzene rings is 2. The summed E-state index contributed by atoms with van der Waals surface area (Å²) in [5, 5.41) is 6.20. The average molecular weight is 316 g/mol. The Morgan fingerprint density at radius 3 is 2.87 bits per heavy atom. The van der Waals surface area contributed by atoms with Gasteiger partial charge in [0.2, 0.25) is 5.91 Å². The number of hydrogen-bond donors (Lipinski definition) is 2. The van der Waals surface area contributed by atoms with Gasteiger partial charge in [-0.05, 0) is 35.7 Å². The molecule has 120 valence electrons. The number of rotatable bonds is 4. The first kappa shape index (κ1) is 15.6. The van der Waals surface area contributed by atoms with Crippen molar-refractivity contribution in [2.24, 2.45) is 0 Å². The monoisotopic (exact) mass is 316 g/mol. The van der Waals surface area contributed by atoms with E-state index in [1.807, 2.05) is 12.1 Å². The highest BCUT2D eigenvalue weighted by Gasteiger charge is 2.19. The van der Waals surface area contributed by atoms with Crippen LogP contribution in [0.4, 0.5) is 8.78 Å². The highest BCUT2D eigenvalue weighted by molar-refractivity contribution is 5.78. The zero-order valence-corrected chi connectivity index (χ0v) is 12.6. The average Bonchev–Trinajstić information content (AvgIpc) is 2.55. The van der Waals surface area contributed by atoms with E-state index in [4.69, 9.17) is 0 Å². The van der Waals surface area contributed by atoms with Crippen LogP contribution < -0.4 is 10.6 Å². The van der Waals surface area contributed by atoms with Crippen molar-refractivity contribution in [2.75, 3.05) is 13.1 Å². The molecule has 3 rings (SSSR count). The van der Waals surface area contributed by atoms with Gasteiger partial charge in [0.1, 0.15) is 11.6 Å². The number of hydrogen-bond acceptors (Lipinski definition) is 2. The van der Waals surface area contributed by atoms with Crippen LogP contribution in [0.1, 0.15) is 22.7 Å². The zero-order chi connectivity index (χ0) is 16.2. The van der Waals surface area contributed by atoms with E-state index >= 15 is 0 Å². The van der Waals surface area contributed by atoms with E-state index in [1.54, 1.807) is 0 Å². The Morgan fingerprint density at radius 2 is 2.04 bits per heavy atom. The van der Waals surface area contributed by atoms with E-state index in [9.17, 15) is 13.6 Å². The summed E-state index contributed by atoms with van der Waals surface area (Å²) in [6.45, 7) is 1.31. The summed E-state index contributed by atoms with van der Waals surface area (Å²) in [7, 11) is 0. The zero-order valence-electron chi connectivity index (χ0n) is 12.6. The molecule has 1 aliphatic heterocycles. The highest BCUT2D eigenvalue weighted by atomic mass is 19.1. The molecule has 0 bridgehead atoms. The molecular weight excluding hydrogens is 298 g/mol. The van der Waals surface area contributed by atoms with Gasteiger partial charge in [0.05, 0.1) is 6.42 Å². The molecule has 0 radical (unpaired) electrons. The van der Waals surface area contributed by atoms with E-state index in [1.165, 1.54) is 17.2 Å². The Morgan fingerprint density at radius 1 is 1.22 bits per heavy atom. The van der Waals surface area contributed by atoms with Gasteiger partial charge in [0.15, 0.2) is 0 Å². The first-order valence-electron chi connectivity index (χ1n) is 7.65. The molecule has 1 amide bonds. The maximum atomic E-state index is 13.6. The third kappa shape index (κ3) is 3.74. The van der Waals surface area contributed by atoms with Crippen molar-refractivity contribution in [1.29, 1.82) is 0 Å². The van der Waals surface area contributed by atoms with Crippen molar-refractivity contribution in [3.05, 3.63) is 70.8 Å². The first-order valence-corrected chi connectivity index (χ1v) is 7.65. The molecule has 1 aliphatic rings. The lowest BCUT2D eigenvalue weighted by Crippen LogP contribution is -2.39. The summed E-state index contributed by atoms with van der Waals surface area (Å²) in [6.07, 6.45) is 0.877. The maximum absolute atomic E-state index is 13.6. The number of fused-ring (bicyclic) bond motifs is 1. The van der Waals surface area contributed by atoms with Gasteiger partial charge in [-0.25, -0.2) is 8.78 Å². The molecule has 2 aromatic carbocycles. The fraction of sp³-hybridized carbons (Fsp3) is 0.278. The van der Waals surface area contributed by atoms with Crippen molar-refractivity contribution in [1.82, 2.24) is 10.6 Å². The van der Waals surface area contributed by atoms with Crippen molar-refractivity contribution >= 4 is 5.91 Å². The van der Waals surface area contributed by atoms with E-state index in [2.05, 4.69) is 22.8 Å². The molecular formula is C18H18F2N2O. The molecule has 0 aliphatic carbocycles. The Balaban J connectivity index is 1.59. The van der Waals surface area contributed by atoms with Gasteiger partial charge in [0, 0.05) is 18.7 Å². The van der Waals surface area contributed by atoms with Crippen LogP contribution >= 0.6 is 0 Å². The molecule has 5 heteroatoms. The Bertz CT molecular complexity index is 718. The minimum atomic E-state index is -0.693. The minimum Gasteiger partial charge on any atom is -0.354 e. The van der Waals surface area contributed by atoms with Gasteiger partial charge in [-0.3, -0.25) is 4.79 Å². The minimum absolute atomic E-state index is 0.0574. The number of carbonyl (C=O) groups excluding carboxylic acids is 1. The lowest BCUT2D eigenvalue weighted by molar-refractivity contribution is -0.120. The van der Waals surface area contributed by atoms with Gasteiger partial charge in [0.25, 0.3) is 0 Å². The van der Waals surface area contributed by atoms with Crippen LogP contribution in [0.15, 0.2) is 42.5 Å². The van der Waals surface area contributed by atoms with Gasteiger partial charge >= 0.3 is 0 Å². The topological polar surface area (TPSA) is 41.1 Å². The number of halogens is 2. The van der Waals surface area contributed by atoms with Crippen LogP contribution in [0, 0.1) is 11.6 Å². The van der Waals surface area contributed by atoms with Crippen LogP contribution in [-0.4, -0.2) is 19.0 Å². The van der Waals surface area contributed by atoms with E-state index < -0.39 is 11.6 Å². The largest absolute Gasteiger partial charge is 0.354 e. The number of amides is 1. The Hall–Kier alpha value is -2.27. The molecule has 3 nitrogen and oxygen atoms in total. The van der Waals surface area contributed by atoms with Crippen molar-refractivity contribution in [3.8, 4) is 0 Å². The second kappa shape index (κ2) is 6.87. The Labute approximate surface area is 133 Å². The lowest BCUT2D eigenvalue weighted by atomic mass is 9.94. The lowest BCUT2D eigenvalue weighted by Gasteiger charge is -2.27. The summed E-state index contributed by atoms with van der Waals surface area (Å²) in [4.78, 5) is 12.0. The van der Waals surface area contributed by atoms with Crippen molar-refractivity contribution in [3.63, 3.8) is 0 Å². The van der Waals surface area contributed by atoms with Crippen LogP contribution in [0.25, 0.3) is 0 Å². The smallest absolute Gasteiger partial charge is 0.224 e. The molecule has 2 aromatic rings. The summed E-state index contributed by atoms with van der Waals surface area (Å²) < 4.78 is 26.4. The molecule has 0 saturated carbocycles. The van der Waals surface area contributed by atoms with Gasteiger partial charge in [-0.15, -0.1) is 0 Å². The second-order valence-corrected chi connectivity index (χ2v) is 5.67. The van der Waals surface area contributed by atoms with Crippen molar-refractivity contribution in [2.45, 2.75) is 18.9 Å². The third-order valence-corrected chi connectivity index (χ3v) is 4.09. The quantitative estimate of drug-likeness (QED) is 0.910. The number of carbonyl (C=O) groups is 1. The van der Waals surface area contributed by atoms with Crippen LogP contribution in [0.5, 0.6) is 0 Å². The van der Waals surface area contributed by atoms with Crippen LogP contribution in [0.3, 0.4) is 0 Å². The molecule has 2 N–H and O–H groups in total. The maximum Gasteiger partial charge on any atom is 0.224 e. The van der Waals surface area contributed by atoms with Crippen LogP contribution in [0.2, 0.25) is 0 Å². The predicted molar refractivity (Wildman–Crippen MR) is 84.0 cm³/mol. The summed E-state index contributed by atoms with van der Waals surface area (Å²) >= 11 is 0. The molecule has 0 saturated heterocycles. The highest BCUT2D eigenvalue weighted by Crippen LogP contribution is 2.21. The van der Waals surface area contributed by atoms with Crippen molar-refractivity contribution < 1.29 is 13.6 Å². The molecule has 23 heavy (non-hydrogen) atoms. The van der Waals surface area contributed by atoms with E-state index in [-0.39, 0.29) is 23.9 Å². The fourth-order valence-electron chi connectivity index (χ4n) is 2.89. The van der Waals surface area contributed by atoms with Gasteiger partial charge in [-0.1, -0.05) is 30.3 Å². The number of nitrogens with one attached hydrogen (secondary N) is 2. The normalized spacial score (nSPS) is 16.7. The van der Waals surface area contributed by atoms with Gasteiger partial charge in [-0.2, -0.15) is 0 Å². The molecule has 0 fully saturated rings. The SMILES string of the molecule is O=C(Cc1ccc(F)cc1F)NCC1NCCc2ccccc21. The summed E-state index contributed by atoms with van der Waals surface area (Å²) in [6, 6.07) is 11.5. The standard InChI is InChI=1S/C18H18F2N2O/c19-14-6-5-13(16(20)10-14)9-18(23)22-11-17-15-4-2-1-3-12(15)7-8-21-17/h1-6,10,17,21H,7-9,11H2,(H,22,23). The Kier molecular flexibility index (Phi) is 4.67. The second-order valence-electron chi connectivity index (χ2n) is 5.67. The summed E-state index contributed by atoms with van der Waals surface area (Å²) in [5.41, 5.74) is 2.67. The molecule has 0 spiro atoms. The predicted octanol–water partition coefficient (Wildman–Crippen LogP) is 2.51. The molecule has 1 unspecified atom stereocenters. The molecule has 1 atom stereocenters. The molecule has 1 heterocycles. The van der Waals surface area contributed by atoms with E-state index in [0.29, 0.717) is 6.54 Å². The third-order valence-electron chi connectivity index (χ3n) is 4.09.